The zero-order valence-corrected chi connectivity index (χ0v) is 7.90. The van der Waals surface area contributed by atoms with E-state index < -0.39 is 0 Å². The summed E-state index contributed by atoms with van der Waals surface area (Å²) in [7, 11) is 0. The van der Waals surface area contributed by atoms with Gasteiger partial charge in [-0.15, -0.1) is 0 Å². The highest BCUT2D eigenvalue weighted by Gasteiger charge is 2.13. The molecule has 0 aliphatic carbocycles. The van der Waals surface area contributed by atoms with Gasteiger partial charge in [0.05, 0.1) is 6.20 Å². The van der Waals surface area contributed by atoms with Crippen molar-refractivity contribution in [1.82, 2.24) is 14.7 Å². The minimum absolute atomic E-state index is 0.174. The Kier molecular flexibility index (Phi) is 2.89. The topological polar surface area (TPSA) is 64.2 Å². The van der Waals surface area contributed by atoms with Crippen LogP contribution in [0.3, 0.4) is 0 Å². The van der Waals surface area contributed by atoms with Gasteiger partial charge in [-0.25, -0.2) is 4.79 Å². The van der Waals surface area contributed by atoms with Crippen molar-refractivity contribution in [3.05, 3.63) is 12.3 Å². The summed E-state index contributed by atoms with van der Waals surface area (Å²) >= 11 is 0. The number of carbonyl (C=O) groups excluding carboxylic acids is 1. The van der Waals surface area contributed by atoms with Gasteiger partial charge in [0.15, 0.2) is 0 Å². The van der Waals surface area contributed by atoms with Gasteiger partial charge in [0, 0.05) is 19.2 Å². The van der Waals surface area contributed by atoms with E-state index in [2.05, 4.69) is 5.10 Å². The van der Waals surface area contributed by atoms with Gasteiger partial charge in [0.25, 0.3) is 0 Å². The minimum Gasteiger partial charge on any atom is -0.383 e. The fourth-order valence-corrected chi connectivity index (χ4v) is 1.10. The largest absolute Gasteiger partial charge is 0.383 e. The molecular weight excluding hydrogens is 168 g/mol. The van der Waals surface area contributed by atoms with Gasteiger partial charge in [-0.05, 0) is 13.8 Å². The van der Waals surface area contributed by atoms with E-state index in [1.165, 1.54) is 10.9 Å². The Morgan fingerprint density at radius 2 is 2.23 bits per heavy atom. The van der Waals surface area contributed by atoms with Crippen LogP contribution < -0.4 is 5.73 Å². The average Bonchev–Trinajstić information content (AvgIpc) is 2.53. The summed E-state index contributed by atoms with van der Waals surface area (Å²) in [5, 5.41) is 3.83. The first kappa shape index (κ1) is 9.57. The van der Waals surface area contributed by atoms with E-state index in [0.29, 0.717) is 18.9 Å². The Morgan fingerprint density at radius 3 is 2.62 bits per heavy atom. The molecule has 0 fully saturated rings. The maximum Gasteiger partial charge on any atom is 0.346 e. The number of carbonyl (C=O) groups is 1. The highest BCUT2D eigenvalue weighted by molar-refractivity contribution is 5.78. The first-order valence-electron chi connectivity index (χ1n) is 4.29. The number of amides is 1. The summed E-state index contributed by atoms with van der Waals surface area (Å²) in [5.74, 6) is 0.372. The van der Waals surface area contributed by atoms with Crippen LogP contribution in [-0.4, -0.2) is 33.8 Å². The number of nitrogens with zero attached hydrogens (tertiary/aromatic N) is 3. The molecule has 72 valence electrons. The molecule has 0 aliphatic heterocycles. The molecule has 5 nitrogen and oxygen atoms in total. The summed E-state index contributed by atoms with van der Waals surface area (Å²) in [4.78, 5) is 13.3. The van der Waals surface area contributed by atoms with Crippen LogP contribution in [0.25, 0.3) is 0 Å². The van der Waals surface area contributed by atoms with Crippen LogP contribution in [0, 0.1) is 0 Å². The first-order valence-corrected chi connectivity index (χ1v) is 4.29. The van der Waals surface area contributed by atoms with E-state index in [1.54, 1.807) is 11.0 Å². The van der Waals surface area contributed by atoms with Crippen molar-refractivity contribution in [2.24, 2.45) is 0 Å². The van der Waals surface area contributed by atoms with Crippen LogP contribution in [0.2, 0.25) is 0 Å². The Balaban J connectivity index is 2.84. The average molecular weight is 182 g/mol. The molecule has 1 amide bonds. The molecule has 0 saturated carbocycles. The third-order valence-electron chi connectivity index (χ3n) is 1.89. The third-order valence-corrected chi connectivity index (χ3v) is 1.89. The molecule has 0 unspecified atom stereocenters. The molecule has 1 heterocycles. The van der Waals surface area contributed by atoms with E-state index in [9.17, 15) is 4.79 Å². The van der Waals surface area contributed by atoms with Crippen molar-refractivity contribution < 1.29 is 4.79 Å². The van der Waals surface area contributed by atoms with Gasteiger partial charge in [0.1, 0.15) is 5.82 Å². The Bertz CT molecular complexity index is 290. The van der Waals surface area contributed by atoms with E-state index in [0.717, 1.165) is 0 Å². The molecule has 0 saturated heterocycles. The van der Waals surface area contributed by atoms with Gasteiger partial charge in [-0.1, -0.05) is 0 Å². The van der Waals surface area contributed by atoms with E-state index in [4.69, 9.17) is 5.73 Å². The van der Waals surface area contributed by atoms with Crippen LogP contribution in [0.4, 0.5) is 10.6 Å². The Labute approximate surface area is 77.1 Å². The second-order valence-electron chi connectivity index (χ2n) is 2.62. The SMILES string of the molecule is CCN(CC)C(=O)n1nccc1N. The van der Waals surface area contributed by atoms with Gasteiger partial charge < -0.3 is 10.6 Å². The number of rotatable bonds is 2. The third kappa shape index (κ3) is 1.80. The lowest BCUT2D eigenvalue weighted by Crippen LogP contribution is -2.35. The number of nitrogens with two attached hydrogens (primary N) is 1. The maximum atomic E-state index is 11.6. The molecule has 1 aromatic rings. The van der Waals surface area contributed by atoms with E-state index in [-0.39, 0.29) is 6.03 Å². The summed E-state index contributed by atoms with van der Waals surface area (Å²) in [6, 6.07) is 1.43. The number of hydrogen-bond acceptors (Lipinski definition) is 3. The summed E-state index contributed by atoms with van der Waals surface area (Å²) in [6.07, 6.45) is 1.51. The van der Waals surface area contributed by atoms with Crippen molar-refractivity contribution in [2.45, 2.75) is 13.8 Å². The summed E-state index contributed by atoms with van der Waals surface area (Å²) < 4.78 is 1.20. The maximum absolute atomic E-state index is 11.6. The first-order chi connectivity index (χ1) is 6.20. The zero-order valence-electron chi connectivity index (χ0n) is 7.90. The van der Waals surface area contributed by atoms with Crippen molar-refractivity contribution in [2.75, 3.05) is 18.8 Å². The molecule has 13 heavy (non-hydrogen) atoms. The lowest BCUT2D eigenvalue weighted by molar-refractivity contribution is 0.202. The van der Waals surface area contributed by atoms with Crippen molar-refractivity contribution in [3.63, 3.8) is 0 Å². The molecule has 0 atom stereocenters. The molecule has 0 aromatic carbocycles. The number of nitrogen functional groups attached to an aromatic ring is 1. The zero-order chi connectivity index (χ0) is 9.84. The van der Waals surface area contributed by atoms with E-state index in [1.807, 2.05) is 13.8 Å². The van der Waals surface area contributed by atoms with Crippen LogP contribution in [0.5, 0.6) is 0 Å². The molecule has 2 N–H and O–H groups in total. The summed E-state index contributed by atoms with van der Waals surface area (Å²) in [6.45, 7) is 5.16. The molecule has 1 aromatic heterocycles. The summed E-state index contributed by atoms with van der Waals surface area (Å²) in [5.41, 5.74) is 5.54. The number of anilines is 1. The quantitative estimate of drug-likeness (QED) is 0.734. The van der Waals surface area contributed by atoms with Crippen LogP contribution >= 0.6 is 0 Å². The van der Waals surface area contributed by atoms with Crippen LogP contribution in [0.1, 0.15) is 13.8 Å². The van der Waals surface area contributed by atoms with E-state index >= 15 is 0 Å². The Hall–Kier alpha value is -1.52. The standard InChI is InChI=1S/C8H14N4O/c1-3-11(4-2)8(13)12-7(9)5-6-10-12/h5-6H,3-4,9H2,1-2H3. The number of hydrogen-bond donors (Lipinski definition) is 1. The molecular formula is C8H14N4O. The second kappa shape index (κ2) is 3.93. The second-order valence-corrected chi connectivity index (χ2v) is 2.62. The van der Waals surface area contributed by atoms with Crippen molar-refractivity contribution in [1.29, 1.82) is 0 Å². The van der Waals surface area contributed by atoms with Crippen molar-refractivity contribution >= 4 is 11.8 Å². The minimum atomic E-state index is -0.174. The fourth-order valence-electron chi connectivity index (χ4n) is 1.10. The molecule has 0 aliphatic rings. The molecule has 0 radical (unpaired) electrons. The highest BCUT2D eigenvalue weighted by atomic mass is 16.2. The van der Waals surface area contributed by atoms with Gasteiger partial charge in [0.2, 0.25) is 0 Å². The Morgan fingerprint density at radius 1 is 1.62 bits per heavy atom. The number of aromatic nitrogens is 2. The fraction of sp³-hybridized carbons (Fsp3) is 0.500. The lowest BCUT2D eigenvalue weighted by atomic mass is 10.5. The molecule has 0 bridgehead atoms. The predicted octanol–water partition coefficient (Wildman–Crippen LogP) is 0.775. The smallest absolute Gasteiger partial charge is 0.346 e. The van der Waals surface area contributed by atoms with Crippen molar-refractivity contribution in [3.8, 4) is 0 Å². The molecule has 0 spiro atoms. The van der Waals surface area contributed by atoms with Gasteiger partial charge >= 0.3 is 6.03 Å². The normalized spacial score (nSPS) is 10.0. The van der Waals surface area contributed by atoms with Gasteiger partial charge in [-0.2, -0.15) is 9.78 Å². The van der Waals surface area contributed by atoms with Gasteiger partial charge in [-0.3, -0.25) is 0 Å². The molecule has 5 heteroatoms. The van der Waals surface area contributed by atoms with Crippen LogP contribution in [-0.2, 0) is 0 Å². The lowest BCUT2D eigenvalue weighted by Gasteiger charge is -2.18. The predicted molar refractivity (Wildman–Crippen MR) is 50.4 cm³/mol. The monoisotopic (exact) mass is 182 g/mol. The van der Waals surface area contributed by atoms with Crippen LogP contribution in [0.15, 0.2) is 12.3 Å². The molecule has 1 rings (SSSR count). The highest BCUT2D eigenvalue weighted by Crippen LogP contribution is 2.02.